The van der Waals surface area contributed by atoms with E-state index in [1.54, 1.807) is 0 Å². The van der Waals surface area contributed by atoms with E-state index in [9.17, 15) is 0 Å². The number of benzene rings is 1. The summed E-state index contributed by atoms with van der Waals surface area (Å²) in [7, 11) is 0. The molecule has 4 heterocycles. The third-order valence-electron chi connectivity index (χ3n) is 5.67. The molecule has 8 nitrogen and oxygen atoms in total. The summed E-state index contributed by atoms with van der Waals surface area (Å²) in [5.41, 5.74) is 6.06. The number of fused-ring (bicyclic) bond motifs is 1. The Labute approximate surface area is 207 Å². The predicted octanol–water partition coefficient (Wildman–Crippen LogP) is 5.63. The minimum Gasteiger partial charge on any atom is -0.308 e. The van der Waals surface area contributed by atoms with E-state index < -0.39 is 0 Å². The average Bonchev–Trinajstić information content (AvgIpc) is 3.53. The van der Waals surface area contributed by atoms with Crippen LogP contribution in [-0.2, 0) is 13.0 Å². The summed E-state index contributed by atoms with van der Waals surface area (Å²) in [6.45, 7) is 5.00. The summed E-state index contributed by atoms with van der Waals surface area (Å²) < 4.78 is 6.15. The molecule has 0 spiro atoms. The van der Waals surface area contributed by atoms with Crippen molar-refractivity contribution in [2.24, 2.45) is 0 Å². The molecule has 0 radical (unpaired) electrons. The first-order chi connectivity index (χ1) is 16.1. The zero-order valence-corrected chi connectivity index (χ0v) is 21.4. The molecule has 10 heteroatoms. The quantitative estimate of drug-likeness (QED) is 0.274. The molecule has 4 aromatic heterocycles. The molecule has 0 amide bonds. The van der Waals surface area contributed by atoms with Gasteiger partial charge in [0.15, 0.2) is 5.65 Å². The van der Waals surface area contributed by atoms with E-state index in [2.05, 4.69) is 94.1 Å². The highest BCUT2D eigenvalue weighted by atomic mass is 79.9. The van der Waals surface area contributed by atoms with Crippen molar-refractivity contribution in [2.45, 2.75) is 39.7 Å². The molecule has 0 atom stereocenters. The Hall–Kier alpha value is -2.85. The fourth-order valence-corrected chi connectivity index (χ4v) is 5.11. The molecule has 5 rings (SSSR count). The summed E-state index contributed by atoms with van der Waals surface area (Å²) >= 11 is 7.42. The number of nitrogens with one attached hydrogen (secondary N) is 1. The van der Waals surface area contributed by atoms with Gasteiger partial charge in [0.25, 0.3) is 0 Å². The Morgan fingerprint density at radius 1 is 1.09 bits per heavy atom. The van der Waals surface area contributed by atoms with Crippen molar-refractivity contribution >= 4 is 43.0 Å². The molecule has 0 bridgehead atoms. The standard InChI is InChI=1S/C23H22Br2N8/c1-3-4-5-20-27-21-14(2)10-11-26-23(21)32(20)13-15-6-7-17(16(24)12-15)33-18(8-9-19(33)25)22-28-30-31-29-22/h6-12H,3-5,13H2,1-2H3,(H,28,29,30,31). The number of hydrogen-bond acceptors (Lipinski definition) is 5. The Balaban J connectivity index is 1.53. The zero-order chi connectivity index (χ0) is 22.9. The summed E-state index contributed by atoms with van der Waals surface area (Å²) in [6.07, 6.45) is 5.03. The molecule has 0 saturated heterocycles. The predicted molar refractivity (Wildman–Crippen MR) is 134 cm³/mol. The number of halogens is 2. The van der Waals surface area contributed by atoms with Gasteiger partial charge in [0.1, 0.15) is 11.3 Å². The SMILES string of the molecule is CCCCc1nc2c(C)ccnc2n1Cc1ccc(-n2c(Br)ccc2-c2nn[nH]n2)c(Br)c1. The van der Waals surface area contributed by atoms with E-state index in [0.717, 1.165) is 67.8 Å². The van der Waals surface area contributed by atoms with E-state index in [1.165, 1.54) is 0 Å². The van der Waals surface area contributed by atoms with Crippen LogP contribution in [0.3, 0.4) is 0 Å². The van der Waals surface area contributed by atoms with Crippen molar-refractivity contribution in [3.8, 4) is 17.2 Å². The third-order valence-corrected chi connectivity index (χ3v) is 6.92. The van der Waals surface area contributed by atoms with Crippen LogP contribution < -0.4 is 0 Å². The van der Waals surface area contributed by atoms with Gasteiger partial charge in [-0.1, -0.05) is 19.4 Å². The number of aromatic amines is 1. The molecule has 1 aromatic carbocycles. The lowest BCUT2D eigenvalue weighted by atomic mass is 10.2. The molecular weight excluding hydrogens is 548 g/mol. The first-order valence-corrected chi connectivity index (χ1v) is 12.4. The normalized spacial score (nSPS) is 11.5. The molecule has 0 aliphatic carbocycles. The van der Waals surface area contributed by atoms with Gasteiger partial charge in [0.05, 0.1) is 22.5 Å². The second kappa shape index (κ2) is 9.18. The number of pyridine rings is 1. The highest BCUT2D eigenvalue weighted by molar-refractivity contribution is 9.11. The van der Waals surface area contributed by atoms with Crippen LogP contribution in [0, 0.1) is 6.92 Å². The van der Waals surface area contributed by atoms with Crippen LogP contribution in [0.2, 0.25) is 0 Å². The van der Waals surface area contributed by atoms with Gasteiger partial charge in [-0.3, -0.25) is 4.57 Å². The van der Waals surface area contributed by atoms with Gasteiger partial charge in [-0.15, -0.1) is 10.2 Å². The van der Waals surface area contributed by atoms with Crippen molar-refractivity contribution in [3.05, 3.63) is 68.6 Å². The number of unbranched alkanes of at least 4 members (excludes halogenated alkanes) is 1. The number of aromatic nitrogens is 8. The summed E-state index contributed by atoms with van der Waals surface area (Å²) in [5, 5.41) is 14.5. The Kier molecular flexibility index (Phi) is 6.11. The van der Waals surface area contributed by atoms with E-state index in [4.69, 9.17) is 4.98 Å². The van der Waals surface area contributed by atoms with Gasteiger partial charge in [-0.25, -0.2) is 9.97 Å². The Morgan fingerprint density at radius 3 is 2.73 bits per heavy atom. The molecule has 33 heavy (non-hydrogen) atoms. The van der Waals surface area contributed by atoms with Gasteiger partial charge in [0.2, 0.25) is 5.82 Å². The second-order valence-electron chi connectivity index (χ2n) is 7.92. The fraction of sp³-hybridized carbons (Fsp3) is 0.261. The lowest BCUT2D eigenvalue weighted by Crippen LogP contribution is -2.07. The Morgan fingerprint density at radius 2 is 1.97 bits per heavy atom. The van der Waals surface area contributed by atoms with Crippen LogP contribution in [0.4, 0.5) is 0 Å². The number of imidazole rings is 1. The lowest BCUT2D eigenvalue weighted by Gasteiger charge is -2.14. The molecular formula is C23H22Br2N8. The number of tetrazole rings is 1. The number of H-pyrrole nitrogens is 1. The van der Waals surface area contributed by atoms with E-state index in [0.29, 0.717) is 12.4 Å². The lowest BCUT2D eigenvalue weighted by molar-refractivity contribution is 0.686. The fourth-order valence-electron chi connectivity index (χ4n) is 3.99. The van der Waals surface area contributed by atoms with Gasteiger partial charge in [-0.2, -0.15) is 5.21 Å². The van der Waals surface area contributed by atoms with Gasteiger partial charge >= 0.3 is 0 Å². The molecule has 0 saturated carbocycles. The van der Waals surface area contributed by atoms with Gasteiger partial charge in [-0.05, 0) is 91.9 Å². The Bertz CT molecular complexity index is 1420. The van der Waals surface area contributed by atoms with Gasteiger partial charge < -0.3 is 4.57 Å². The first kappa shape index (κ1) is 22.0. The number of aryl methyl sites for hydroxylation is 2. The van der Waals surface area contributed by atoms with Crippen molar-refractivity contribution in [1.82, 2.24) is 39.7 Å². The number of hydrogen-bond donors (Lipinski definition) is 1. The van der Waals surface area contributed by atoms with Crippen molar-refractivity contribution in [3.63, 3.8) is 0 Å². The topological polar surface area (TPSA) is 90.1 Å². The van der Waals surface area contributed by atoms with Crippen LogP contribution in [-0.4, -0.2) is 39.7 Å². The molecule has 0 aliphatic heterocycles. The smallest absolute Gasteiger partial charge is 0.221 e. The second-order valence-corrected chi connectivity index (χ2v) is 9.58. The molecule has 5 aromatic rings. The maximum absolute atomic E-state index is 4.93. The zero-order valence-electron chi connectivity index (χ0n) is 18.3. The summed E-state index contributed by atoms with van der Waals surface area (Å²) in [4.78, 5) is 9.59. The van der Waals surface area contributed by atoms with Crippen LogP contribution >= 0.6 is 31.9 Å². The molecule has 0 unspecified atom stereocenters. The van der Waals surface area contributed by atoms with Gasteiger partial charge in [0, 0.05) is 17.1 Å². The van der Waals surface area contributed by atoms with Crippen molar-refractivity contribution in [2.75, 3.05) is 0 Å². The van der Waals surface area contributed by atoms with Crippen LogP contribution in [0.15, 0.2) is 51.7 Å². The highest BCUT2D eigenvalue weighted by Gasteiger charge is 2.17. The van der Waals surface area contributed by atoms with Crippen LogP contribution in [0.1, 0.15) is 36.7 Å². The highest BCUT2D eigenvalue weighted by Crippen LogP contribution is 2.32. The largest absolute Gasteiger partial charge is 0.308 e. The van der Waals surface area contributed by atoms with E-state index in [-0.39, 0.29) is 0 Å². The maximum Gasteiger partial charge on any atom is 0.221 e. The van der Waals surface area contributed by atoms with Crippen molar-refractivity contribution < 1.29 is 0 Å². The molecule has 0 fully saturated rings. The van der Waals surface area contributed by atoms with Crippen LogP contribution in [0.25, 0.3) is 28.4 Å². The maximum atomic E-state index is 4.93. The van der Waals surface area contributed by atoms with E-state index in [1.807, 2.05) is 29.0 Å². The third kappa shape index (κ3) is 4.13. The van der Waals surface area contributed by atoms with Crippen LogP contribution in [0.5, 0.6) is 0 Å². The average molecular weight is 570 g/mol. The summed E-state index contributed by atoms with van der Waals surface area (Å²) in [6, 6.07) is 12.3. The number of rotatable bonds is 7. The van der Waals surface area contributed by atoms with Crippen molar-refractivity contribution in [1.29, 1.82) is 0 Å². The molecule has 168 valence electrons. The first-order valence-electron chi connectivity index (χ1n) is 10.8. The number of nitrogens with zero attached hydrogens (tertiary/aromatic N) is 7. The minimum atomic E-state index is 0.531. The monoisotopic (exact) mass is 568 g/mol. The molecule has 0 aliphatic rings. The molecule has 1 N–H and O–H groups in total. The summed E-state index contributed by atoms with van der Waals surface area (Å²) in [5.74, 6) is 1.62. The minimum absolute atomic E-state index is 0.531. The van der Waals surface area contributed by atoms with E-state index >= 15 is 0 Å².